The van der Waals surface area contributed by atoms with Gasteiger partial charge >= 0.3 is 0 Å². The van der Waals surface area contributed by atoms with Crippen LogP contribution in [0.25, 0.3) is 0 Å². The fourth-order valence-corrected chi connectivity index (χ4v) is 2.79. The van der Waals surface area contributed by atoms with E-state index in [1.54, 1.807) is 18.2 Å². The monoisotopic (exact) mass is 295 g/mol. The zero-order chi connectivity index (χ0) is 14.5. The number of hydrogen-bond donors (Lipinski definition) is 2. The highest BCUT2D eigenvalue weighted by atomic mass is 35.5. The van der Waals surface area contributed by atoms with Gasteiger partial charge in [-0.25, -0.2) is 0 Å². The first-order chi connectivity index (χ1) is 9.58. The number of nitrogens with two attached hydrogens (primary N) is 1. The van der Waals surface area contributed by atoms with Crippen LogP contribution < -0.4 is 11.1 Å². The second-order valence-electron chi connectivity index (χ2n) is 5.40. The summed E-state index contributed by atoms with van der Waals surface area (Å²) in [6.45, 7) is 5.26. The van der Waals surface area contributed by atoms with Crippen molar-refractivity contribution in [2.45, 2.75) is 26.2 Å². The lowest BCUT2D eigenvalue weighted by Crippen LogP contribution is -2.26. The number of benzene rings is 1. The van der Waals surface area contributed by atoms with Crippen molar-refractivity contribution in [2.75, 3.05) is 30.7 Å². The molecule has 1 heterocycles. The van der Waals surface area contributed by atoms with Gasteiger partial charge in [0.2, 0.25) is 5.91 Å². The minimum Gasteiger partial charge on any atom is -0.399 e. The molecule has 0 saturated carbocycles. The maximum Gasteiger partial charge on any atom is 0.225 e. The Bertz CT molecular complexity index is 478. The van der Waals surface area contributed by atoms with Gasteiger partial charge in [0.15, 0.2) is 0 Å². The minimum atomic E-state index is -0.00313. The van der Waals surface area contributed by atoms with Crippen molar-refractivity contribution in [3.8, 4) is 0 Å². The van der Waals surface area contributed by atoms with E-state index in [9.17, 15) is 4.79 Å². The molecule has 4 nitrogen and oxygen atoms in total. The van der Waals surface area contributed by atoms with Crippen LogP contribution in [0.5, 0.6) is 0 Å². The summed E-state index contributed by atoms with van der Waals surface area (Å²) in [5.74, 6) is 0.793. The summed E-state index contributed by atoms with van der Waals surface area (Å²) in [7, 11) is 0. The smallest absolute Gasteiger partial charge is 0.225 e. The maximum atomic E-state index is 11.9. The number of nitrogens with zero attached hydrogens (tertiary/aromatic N) is 1. The van der Waals surface area contributed by atoms with Crippen molar-refractivity contribution >= 4 is 28.9 Å². The molecular formula is C15H22ClN3O. The van der Waals surface area contributed by atoms with Crippen LogP contribution in [0, 0.1) is 5.92 Å². The number of amides is 1. The molecular weight excluding hydrogens is 274 g/mol. The summed E-state index contributed by atoms with van der Waals surface area (Å²) in [6, 6.07) is 5.11. The van der Waals surface area contributed by atoms with Crippen LogP contribution in [0.2, 0.25) is 5.02 Å². The molecule has 2 rings (SSSR count). The number of nitrogen functional groups attached to an aromatic ring is 1. The highest BCUT2D eigenvalue weighted by Crippen LogP contribution is 2.24. The Balaban J connectivity index is 1.78. The van der Waals surface area contributed by atoms with E-state index in [0.29, 0.717) is 22.8 Å². The van der Waals surface area contributed by atoms with E-state index in [-0.39, 0.29) is 5.91 Å². The van der Waals surface area contributed by atoms with Crippen molar-refractivity contribution in [3.05, 3.63) is 23.2 Å². The topological polar surface area (TPSA) is 58.4 Å². The molecule has 1 aliphatic heterocycles. The van der Waals surface area contributed by atoms with E-state index in [4.69, 9.17) is 17.3 Å². The predicted octanol–water partition coefficient (Wildman–Crippen LogP) is 2.98. The van der Waals surface area contributed by atoms with Crippen LogP contribution in [0.1, 0.15) is 26.2 Å². The highest BCUT2D eigenvalue weighted by Gasteiger charge is 2.21. The summed E-state index contributed by atoms with van der Waals surface area (Å²) in [5.41, 5.74) is 6.84. The predicted molar refractivity (Wildman–Crippen MR) is 83.9 cm³/mol. The molecule has 0 aromatic heterocycles. The molecule has 1 saturated heterocycles. The summed E-state index contributed by atoms with van der Waals surface area (Å²) in [5, 5.41) is 3.31. The zero-order valence-corrected chi connectivity index (χ0v) is 12.6. The van der Waals surface area contributed by atoms with Crippen molar-refractivity contribution in [1.29, 1.82) is 0 Å². The summed E-state index contributed by atoms with van der Waals surface area (Å²) < 4.78 is 0. The second kappa shape index (κ2) is 6.95. The Labute approximate surface area is 125 Å². The SMILES string of the molecule is CCC1CCN(CCC(=O)Nc2ccc(N)cc2Cl)C1. The summed E-state index contributed by atoms with van der Waals surface area (Å²) >= 11 is 6.03. The van der Waals surface area contributed by atoms with Crippen molar-refractivity contribution in [2.24, 2.45) is 5.92 Å². The molecule has 0 radical (unpaired) electrons. The van der Waals surface area contributed by atoms with Gasteiger partial charge in [-0.3, -0.25) is 4.79 Å². The molecule has 1 aromatic carbocycles. The van der Waals surface area contributed by atoms with Crippen molar-refractivity contribution < 1.29 is 4.79 Å². The third-order valence-electron chi connectivity index (χ3n) is 3.87. The Kier molecular flexibility index (Phi) is 5.26. The quantitative estimate of drug-likeness (QED) is 0.821. The van der Waals surface area contributed by atoms with Crippen LogP contribution in [-0.2, 0) is 4.79 Å². The Morgan fingerprint density at radius 3 is 3.00 bits per heavy atom. The Morgan fingerprint density at radius 1 is 1.55 bits per heavy atom. The average Bonchev–Trinajstić information content (AvgIpc) is 2.88. The van der Waals surface area contributed by atoms with E-state index < -0.39 is 0 Å². The number of carbonyl (C=O) groups is 1. The molecule has 0 bridgehead atoms. The van der Waals surface area contributed by atoms with Crippen LogP contribution in [-0.4, -0.2) is 30.4 Å². The lowest BCUT2D eigenvalue weighted by molar-refractivity contribution is -0.116. The molecule has 1 atom stereocenters. The first-order valence-corrected chi connectivity index (χ1v) is 7.53. The van der Waals surface area contributed by atoms with Crippen LogP contribution in [0.15, 0.2) is 18.2 Å². The van der Waals surface area contributed by atoms with Crippen molar-refractivity contribution in [3.63, 3.8) is 0 Å². The molecule has 1 amide bonds. The maximum absolute atomic E-state index is 11.9. The highest BCUT2D eigenvalue weighted by molar-refractivity contribution is 6.34. The Morgan fingerprint density at radius 2 is 2.35 bits per heavy atom. The minimum absolute atomic E-state index is 0.00313. The van der Waals surface area contributed by atoms with Crippen molar-refractivity contribution in [1.82, 2.24) is 4.90 Å². The number of likely N-dealkylation sites (tertiary alicyclic amines) is 1. The van der Waals surface area contributed by atoms with Gasteiger partial charge in [-0.15, -0.1) is 0 Å². The Hall–Kier alpha value is -1.26. The molecule has 5 heteroatoms. The molecule has 1 fully saturated rings. The number of anilines is 2. The first kappa shape index (κ1) is 15.1. The summed E-state index contributed by atoms with van der Waals surface area (Å²) in [6.07, 6.45) is 2.97. The molecule has 1 aromatic rings. The average molecular weight is 296 g/mol. The van der Waals surface area contributed by atoms with Gasteiger partial charge in [0, 0.05) is 25.2 Å². The van der Waals surface area contributed by atoms with Gasteiger partial charge in [0.1, 0.15) is 0 Å². The lowest BCUT2D eigenvalue weighted by atomic mass is 10.1. The number of rotatable bonds is 5. The third-order valence-corrected chi connectivity index (χ3v) is 4.18. The lowest BCUT2D eigenvalue weighted by Gasteiger charge is -2.15. The van der Waals surface area contributed by atoms with E-state index >= 15 is 0 Å². The molecule has 0 aliphatic carbocycles. The van der Waals surface area contributed by atoms with Crippen LogP contribution in [0.4, 0.5) is 11.4 Å². The summed E-state index contributed by atoms with van der Waals surface area (Å²) in [4.78, 5) is 14.3. The van der Waals surface area contributed by atoms with E-state index in [0.717, 1.165) is 25.6 Å². The number of halogens is 1. The van der Waals surface area contributed by atoms with Gasteiger partial charge in [-0.05, 0) is 37.1 Å². The molecule has 20 heavy (non-hydrogen) atoms. The van der Waals surface area contributed by atoms with Gasteiger partial charge in [0.25, 0.3) is 0 Å². The van der Waals surface area contributed by atoms with E-state index in [1.165, 1.54) is 12.8 Å². The molecule has 110 valence electrons. The van der Waals surface area contributed by atoms with Crippen LogP contribution in [0.3, 0.4) is 0 Å². The number of nitrogens with one attached hydrogen (secondary N) is 1. The molecule has 1 aliphatic rings. The van der Waals surface area contributed by atoms with Crippen LogP contribution >= 0.6 is 11.6 Å². The van der Waals surface area contributed by atoms with Gasteiger partial charge in [0.05, 0.1) is 10.7 Å². The third kappa shape index (κ3) is 4.12. The fourth-order valence-electron chi connectivity index (χ4n) is 2.55. The first-order valence-electron chi connectivity index (χ1n) is 7.15. The molecule has 0 spiro atoms. The normalized spacial score (nSPS) is 19.2. The largest absolute Gasteiger partial charge is 0.399 e. The molecule has 1 unspecified atom stereocenters. The standard InChI is InChI=1S/C15H22ClN3O/c1-2-11-5-7-19(10-11)8-6-15(20)18-14-4-3-12(17)9-13(14)16/h3-4,9,11H,2,5-8,10,17H2,1H3,(H,18,20). The zero-order valence-electron chi connectivity index (χ0n) is 11.9. The second-order valence-corrected chi connectivity index (χ2v) is 5.81. The van der Waals surface area contributed by atoms with Gasteiger partial charge in [-0.1, -0.05) is 24.9 Å². The van der Waals surface area contributed by atoms with E-state index in [2.05, 4.69) is 17.1 Å². The van der Waals surface area contributed by atoms with Gasteiger partial charge in [-0.2, -0.15) is 0 Å². The number of carbonyl (C=O) groups excluding carboxylic acids is 1. The molecule has 3 N–H and O–H groups in total. The fraction of sp³-hybridized carbons (Fsp3) is 0.533. The van der Waals surface area contributed by atoms with Gasteiger partial charge < -0.3 is 16.0 Å². The number of hydrogen-bond acceptors (Lipinski definition) is 3. The van der Waals surface area contributed by atoms with E-state index in [1.807, 2.05) is 0 Å².